The first kappa shape index (κ1) is 20.0. The summed E-state index contributed by atoms with van der Waals surface area (Å²) in [6, 6.07) is 9.82. The lowest BCUT2D eigenvalue weighted by Crippen LogP contribution is -2.47. The summed E-state index contributed by atoms with van der Waals surface area (Å²) in [6.45, 7) is 2.20. The standard InChI is InChI=1S/C21H19ClN2O6/c1-12(20(26)24-11-18(25)23-15-5-2-3-6-16(15)24)30-21(27)13-9-14(22)19-17(10-13)28-7-4-8-29-19/h2-3,5-6,9-10,12H,4,7-8,11H2,1H3,(H,23,25). The number of hydrogen-bond donors (Lipinski definition) is 1. The molecule has 30 heavy (non-hydrogen) atoms. The second-order valence-corrected chi connectivity index (χ2v) is 7.28. The number of esters is 1. The molecule has 0 spiro atoms. The summed E-state index contributed by atoms with van der Waals surface area (Å²) in [7, 11) is 0. The Balaban J connectivity index is 1.52. The molecule has 0 fully saturated rings. The molecule has 2 amide bonds. The molecule has 0 radical (unpaired) electrons. The molecule has 2 aromatic carbocycles. The molecule has 156 valence electrons. The van der Waals surface area contributed by atoms with Crippen LogP contribution >= 0.6 is 11.6 Å². The van der Waals surface area contributed by atoms with Crippen molar-refractivity contribution in [2.75, 3.05) is 30.0 Å². The molecule has 0 aliphatic carbocycles. The van der Waals surface area contributed by atoms with E-state index >= 15 is 0 Å². The fraction of sp³-hybridized carbons (Fsp3) is 0.286. The maximum Gasteiger partial charge on any atom is 0.339 e. The zero-order valence-corrected chi connectivity index (χ0v) is 16.9. The Kier molecular flexibility index (Phi) is 5.50. The summed E-state index contributed by atoms with van der Waals surface area (Å²) in [6.07, 6.45) is -0.424. The van der Waals surface area contributed by atoms with Crippen LogP contribution in [0.1, 0.15) is 23.7 Å². The number of halogens is 1. The van der Waals surface area contributed by atoms with Crippen LogP contribution in [0.4, 0.5) is 11.4 Å². The highest BCUT2D eigenvalue weighted by Gasteiger charge is 2.32. The normalized spacial score (nSPS) is 16.1. The van der Waals surface area contributed by atoms with E-state index in [-0.39, 0.29) is 23.0 Å². The van der Waals surface area contributed by atoms with Gasteiger partial charge in [-0.25, -0.2) is 4.79 Å². The molecule has 1 unspecified atom stereocenters. The van der Waals surface area contributed by atoms with Gasteiger partial charge in [0.25, 0.3) is 5.91 Å². The Morgan fingerprint density at radius 2 is 1.97 bits per heavy atom. The Bertz CT molecular complexity index is 1020. The van der Waals surface area contributed by atoms with Gasteiger partial charge in [-0.3, -0.25) is 14.5 Å². The van der Waals surface area contributed by atoms with Crippen molar-refractivity contribution in [1.82, 2.24) is 0 Å². The van der Waals surface area contributed by atoms with Crippen LogP contribution in [0.3, 0.4) is 0 Å². The van der Waals surface area contributed by atoms with E-state index in [1.807, 2.05) is 0 Å². The second kappa shape index (κ2) is 8.23. The minimum absolute atomic E-state index is 0.140. The molecule has 0 bridgehead atoms. The minimum Gasteiger partial charge on any atom is -0.489 e. The first-order valence-electron chi connectivity index (χ1n) is 9.44. The van der Waals surface area contributed by atoms with Gasteiger partial charge < -0.3 is 19.5 Å². The monoisotopic (exact) mass is 430 g/mol. The van der Waals surface area contributed by atoms with E-state index in [2.05, 4.69) is 5.32 Å². The Morgan fingerprint density at radius 1 is 1.20 bits per heavy atom. The van der Waals surface area contributed by atoms with Gasteiger partial charge in [0.15, 0.2) is 17.6 Å². The summed E-state index contributed by atoms with van der Waals surface area (Å²) in [5.74, 6) is -0.831. The van der Waals surface area contributed by atoms with Crippen LogP contribution in [-0.2, 0) is 14.3 Å². The van der Waals surface area contributed by atoms with Gasteiger partial charge in [0.2, 0.25) is 5.91 Å². The number of para-hydroxylation sites is 2. The zero-order valence-electron chi connectivity index (χ0n) is 16.1. The highest BCUT2D eigenvalue weighted by Crippen LogP contribution is 2.38. The van der Waals surface area contributed by atoms with Crippen LogP contribution in [-0.4, -0.2) is 43.6 Å². The summed E-state index contributed by atoms with van der Waals surface area (Å²) >= 11 is 6.22. The molecular weight excluding hydrogens is 412 g/mol. The van der Waals surface area contributed by atoms with Crippen molar-refractivity contribution < 1.29 is 28.6 Å². The number of benzene rings is 2. The zero-order chi connectivity index (χ0) is 21.3. The Hall–Kier alpha value is -3.26. The van der Waals surface area contributed by atoms with E-state index in [1.54, 1.807) is 24.3 Å². The molecule has 0 saturated carbocycles. The maximum atomic E-state index is 12.9. The number of rotatable bonds is 3. The summed E-state index contributed by atoms with van der Waals surface area (Å²) in [4.78, 5) is 38.8. The van der Waals surface area contributed by atoms with Gasteiger partial charge in [0.05, 0.1) is 35.2 Å². The van der Waals surface area contributed by atoms with Crippen molar-refractivity contribution in [3.05, 3.63) is 47.0 Å². The molecule has 0 aromatic heterocycles. The van der Waals surface area contributed by atoms with Crippen LogP contribution in [0.25, 0.3) is 0 Å². The molecule has 8 nitrogen and oxygen atoms in total. The number of hydrogen-bond acceptors (Lipinski definition) is 6. The van der Waals surface area contributed by atoms with Crippen LogP contribution < -0.4 is 19.7 Å². The lowest BCUT2D eigenvalue weighted by molar-refractivity contribution is -0.128. The number of amides is 2. The van der Waals surface area contributed by atoms with Gasteiger partial charge in [-0.15, -0.1) is 0 Å². The molecule has 4 rings (SSSR count). The van der Waals surface area contributed by atoms with Crippen LogP contribution in [0.5, 0.6) is 11.5 Å². The largest absolute Gasteiger partial charge is 0.489 e. The molecule has 2 heterocycles. The van der Waals surface area contributed by atoms with Gasteiger partial charge in [0.1, 0.15) is 6.54 Å². The SMILES string of the molecule is CC(OC(=O)c1cc(Cl)c2c(c1)OCCCO2)C(=O)N1CC(=O)Nc2ccccc21. The third kappa shape index (κ3) is 3.91. The predicted octanol–water partition coefficient (Wildman–Crippen LogP) is 3.03. The minimum atomic E-state index is -1.12. The number of fused-ring (bicyclic) bond motifs is 2. The molecule has 2 aliphatic rings. The van der Waals surface area contributed by atoms with Gasteiger partial charge in [-0.2, -0.15) is 0 Å². The van der Waals surface area contributed by atoms with Gasteiger partial charge in [0, 0.05) is 6.42 Å². The van der Waals surface area contributed by atoms with Crippen molar-refractivity contribution in [3.63, 3.8) is 0 Å². The lowest BCUT2D eigenvalue weighted by Gasteiger charge is -2.30. The Labute approximate surface area is 177 Å². The molecular formula is C21H19ClN2O6. The number of carbonyl (C=O) groups is 3. The van der Waals surface area contributed by atoms with Crippen LogP contribution in [0, 0.1) is 0 Å². The van der Waals surface area contributed by atoms with E-state index in [9.17, 15) is 14.4 Å². The van der Waals surface area contributed by atoms with E-state index < -0.39 is 18.0 Å². The van der Waals surface area contributed by atoms with Crippen LogP contribution in [0.15, 0.2) is 36.4 Å². The third-order valence-electron chi connectivity index (χ3n) is 4.71. The predicted molar refractivity (Wildman–Crippen MR) is 109 cm³/mol. The molecule has 9 heteroatoms. The molecule has 1 atom stereocenters. The van der Waals surface area contributed by atoms with E-state index in [0.717, 1.165) is 0 Å². The Morgan fingerprint density at radius 3 is 2.80 bits per heavy atom. The van der Waals surface area contributed by atoms with Crippen molar-refractivity contribution in [2.45, 2.75) is 19.4 Å². The smallest absolute Gasteiger partial charge is 0.339 e. The van der Waals surface area contributed by atoms with E-state index in [0.29, 0.717) is 42.5 Å². The molecule has 2 aliphatic heterocycles. The molecule has 0 saturated heterocycles. The van der Waals surface area contributed by atoms with E-state index in [4.69, 9.17) is 25.8 Å². The van der Waals surface area contributed by atoms with Crippen molar-refractivity contribution in [2.24, 2.45) is 0 Å². The number of nitrogens with zero attached hydrogens (tertiary/aromatic N) is 1. The number of anilines is 2. The summed E-state index contributed by atoms with van der Waals surface area (Å²) in [5, 5.41) is 2.93. The van der Waals surface area contributed by atoms with Crippen LogP contribution in [0.2, 0.25) is 5.02 Å². The highest BCUT2D eigenvalue weighted by molar-refractivity contribution is 6.32. The first-order chi connectivity index (χ1) is 14.4. The van der Waals surface area contributed by atoms with Gasteiger partial charge in [-0.05, 0) is 31.2 Å². The highest BCUT2D eigenvalue weighted by atomic mass is 35.5. The number of nitrogens with one attached hydrogen (secondary N) is 1. The average molecular weight is 431 g/mol. The second-order valence-electron chi connectivity index (χ2n) is 6.87. The summed E-state index contributed by atoms with van der Waals surface area (Å²) < 4.78 is 16.5. The molecule has 2 aromatic rings. The number of carbonyl (C=O) groups excluding carboxylic acids is 3. The number of ether oxygens (including phenoxy) is 3. The lowest BCUT2D eigenvalue weighted by atomic mass is 10.1. The fourth-order valence-corrected chi connectivity index (χ4v) is 3.54. The first-order valence-corrected chi connectivity index (χ1v) is 9.82. The topological polar surface area (TPSA) is 94.2 Å². The quantitative estimate of drug-likeness (QED) is 0.752. The average Bonchev–Trinajstić information content (AvgIpc) is 2.98. The van der Waals surface area contributed by atoms with Crippen molar-refractivity contribution in [1.29, 1.82) is 0 Å². The third-order valence-corrected chi connectivity index (χ3v) is 4.99. The van der Waals surface area contributed by atoms with Gasteiger partial charge in [-0.1, -0.05) is 23.7 Å². The summed E-state index contributed by atoms with van der Waals surface area (Å²) in [5.41, 5.74) is 1.21. The molecule has 1 N–H and O–H groups in total. The van der Waals surface area contributed by atoms with Crippen molar-refractivity contribution in [3.8, 4) is 11.5 Å². The van der Waals surface area contributed by atoms with E-state index in [1.165, 1.54) is 24.0 Å². The fourth-order valence-electron chi connectivity index (χ4n) is 3.28. The van der Waals surface area contributed by atoms with Gasteiger partial charge >= 0.3 is 5.97 Å². The van der Waals surface area contributed by atoms with Crippen molar-refractivity contribution >= 4 is 40.8 Å². The maximum absolute atomic E-state index is 12.9.